The van der Waals surface area contributed by atoms with Crippen molar-refractivity contribution in [3.8, 4) is 5.88 Å². The summed E-state index contributed by atoms with van der Waals surface area (Å²) in [6, 6.07) is 10.6. The largest absolute Gasteiger partial charge is 0.493 e. The van der Waals surface area contributed by atoms with Crippen molar-refractivity contribution in [1.82, 2.24) is 14.9 Å². The molecule has 2 N–H and O–H groups in total. The van der Waals surface area contributed by atoms with Crippen LogP contribution in [0, 0.1) is 0 Å². The smallest absolute Gasteiger partial charge is 0.258 e. The van der Waals surface area contributed by atoms with E-state index in [9.17, 15) is 14.7 Å². The van der Waals surface area contributed by atoms with Gasteiger partial charge in [-0.05, 0) is 12.0 Å². The van der Waals surface area contributed by atoms with Gasteiger partial charge in [0.05, 0.1) is 18.4 Å². The number of nitrogens with zero attached hydrogens (tertiary/aromatic N) is 2. The van der Waals surface area contributed by atoms with Crippen molar-refractivity contribution < 1.29 is 9.90 Å². The molecule has 0 radical (unpaired) electrons. The topological polar surface area (TPSA) is 84.2 Å². The SMILES string of the molecule is CCCCNC(=O)CSc1nc(O)cc(=O)n1Cc1ccccc1. The van der Waals surface area contributed by atoms with Crippen LogP contribution in [0.2, 0.25) is 0 Å². The van der Waals surface area contributed by atoms with Gasteiger partial charge in [-0.15, -0.1) is 0 Å². The van der Waals surface area contributed by atoms with Gasteiger partial charge in [-0.1, -0.05) is 55.4 Å². The van der Waals surface area contributed by atoms with Gasteiger partial charge in [0, 0.05) is 6.54 Å². The Morgan fingerprint density at radius 3 is 2.79 bits per heavy atom. The van der Waals surface area contributed by atoms with Gasteiger partial charge < -0.3 is 10.4 Å². The first-order chi connectivity index (χ1) is 11.6. The Morgan fingerprint density at radius 2 is 2.08 bits per heavy atom. The van der Waals surface area contributed by atoms with Gasteiger partial charge in [-0.25, -0.2) is 0 Å². The van der Waals surface area contributed by atoms with E-state index in [0.29, 0.717) is 18.2 Å². The molecule has 0 aliphatic rings. The predicted molar refractivity (Wildman–Crippen MR) is 94.3 cm³/mol. The van der Waals surface area contributed by atoms with Gasteiger partial charge in [-0.2, -0.15) is 4.98 Å². The highest BCUT2D eigenvalue weighted by molar-refractivity contribution is 7.99. The molecule has 0 bridgehead atoms. The number of unbranched alkanes of at least 4 members (excludes halogenated alkanes) is 1. The quantitative estimate of drug-likeness (QED) is 0.433. The first-order valence-corrected chi connectivity index (χ1v) is 8.83. The first-order valence-electron chi connectivity index (χ1n) is 7.84. The number of nitrogens with one attached hydrogen (secondary N) is 1. The molecule has 24 heavy (non-hydrogen) atoms. The molecule has 0 atom stereocenters. The summed E-state index contributed by atoms with van der Waals surface area (Å²) < 4.78 is 1.46. The third kappa shape index (κ3) is 5.42. The van der Waals surface area contributed by atoms with E-state index in [1.165, 1.54) is 4.57 Å². The van der Waals surface area contributed by atoms with Crippen LogP contribution in [-0.2, 0) is 11.3 Å². The number of aromatic hydroxyl groups is 1. The zero-order chi connectivity index (χ0) is 17.4. The van der Waals surface area contributed by atoms with Crippen LogP contribution in [0.15, 0.2) is 46.3 Å². The van der Waals surface area contributed by atoms with Crippen molar-refractivity contribution in [1.29, 1.82) is 0 Å². The van der Waals surface area contributed by atoms with E-state index in [1.54, 1.807) is 0 Å². The molecule has 1 aromatic heterocycles. The summed E-state index contributed by atoms with van der Waals surface area (Å²) in [5.74, 6) is -0.301. The van der Waals surface area contributed by atoms with E-state index in [1.807, 2.05) is 30.3 Å². The average molecular weight is 347 g/mol. The Balaban J connectivity index is 2.10. The lowest BCUT2D eigenvalue weighted by molar-refractivity contribution is -0.118. The minimum atomic E-state index is -0.347. The number of rotatable bonds is 8. The Morgan fingerprint density at radius 1 is 1.33 bits per heavy atom. The maximum Gasteiger partial charge on any atom is 0.258 e. The molecule has 0 saturated carbocycles. The van der Waals surface area contributed by atoms with Crippen LogP contribution >= 0.6 is 11.8 Å². The molecule has 0 saturated heterocycles. The number of hydrogen-bond donors (Lipinski definition) is 2. The molecule has 0 spiro atoms. The molecule has 0 unspecified atom stereocenters. The summed E-state index contributed by atoms with van der Waals surface area (Å²) in [5.41, 5.74) is 0.599. The fraction of sp³-hybridized carbons (Fsp3) is 0.353. The van der Waals surface area contributed by atoms with E-state index >= 15 is 0 Å². The summed E-state index contributed by atoms with van der Waals surface area (Å²) in [7, 11) is 0. The summed E-state index contributed by atoms with van der Waals surface area (Å²) in [5, 5.41) is 12.7. The maximum absolute atomic E-state index is 12.2. The molecule has 1 aromatic carbocycles. The maximum atomic E-state index is 12.2. The molecule has 6 nitrogen and oxygen atoms in total. The van der Waals surface area contributed by atoms with Crippen molar-refractivity contribution in [2.24, 2.45) is 0 Å². The molecular formula is C17H21N3O3S. The van der Waals surface area contributed by atoms with Crippen LogP contribution < -0.4 is 10.9 Å². The number of amides is 1. The summed E-state index contributed by atoms with van der Waals surface area (Å²) >= 11 is 1.14. The monoisotopic (exact) mass is 347 g/mol. The Labute approximate surface area is 144 Å². The van der Waals surface area contributed by atoms with Gasteiger partial charge in [-0.3, -0.25) is 14.2 Å². The lowest BCUT2D eigenvalue weighted by Gasteiger charge is -2.12. The molecule has 2 rings (SSSR count). The summed E-state index contributed by atoms with van der Waals surface area (Å²) in [6.45, 7) is 3.03. The van der Waals surface area contributed by atoms with E-state index in [2.05, 4.69) is 17.2 Å². The lowest BCUT2D eigenvalue weighted by Crippen LogP contribution is -2.27. The second-order valence-corrected chi connectivity index (χ2v) is 6.24. The van der Waals surface area contributed by atoms with E-state index < -0.39 is 0 Å². The second kappa shape index (κ2) is 9.12. The van der Waals surface area contributed by atoms with E-state index in [4.69, 9.17) is 0 Å². The zero-order valence-electron chi connectivity index (χ0n) is 13.6. The van der Waals surface area contributed by atoms with Crippen LogP contribution in [0.4, 0.5) is 0 Å². The number of aromatic nitrogens is 2. The fourth-order valence-corrected chi connectivity index (χ4v) is 2.91. The van der Waals surface area contributed by atoms with Gasteiger partial charge in [0.15, 0.2) is 5.16 Å². The predicted octanol–water partition coefficient (Wildman–Crippen LogP) is 2.01. The van der Waals surface area contributed by atoms with Crippen molar-refractivity contribution in [3.63, 3.8) is 0 Å². The zero-order valence-corrected chi connectivity index (χ0v) is 14.4. The minimum Gasteiger partial charge on any atom is -0.493 e. The molecule has 0 fully saturated rings. The van der Waals surface area contributed by atoms with Crippen LogP contribution in [0.1, 0.15) is 25.3 Å². The summed E-state index contributed by atoms with van der Waals surface area (Å²) in [4.78, 5) is 28.0. The van der Waals surface area contributed by atoms with Crippen LogP contribution in [-0.4, -0.2) is 32.9 Å². The van der Waals surface area contributed by atoms with Crippen LogP contribution in [0.3, 0.4) is 0 Å². The number of thioether (sulfide) groups is 1. The molecule has 1 amide bonds. The highest BCUT2D eigenvalue weighted by Gasteiger charge is 2.12. The molecule has 0 aliphatic carbocycles. The molecule has 0 aliphatic heterocycles. The van der Waals surface area contributed by atoms with Gasteiger partial charge >= 0.3 is 0 Å². The molecule has 1 heterocycles. The lowest BCUT2D eigenvalue weighted by atomic mass is 10.2. The van der Waals surface area contributed by atoms with Crippen molar-refractivity contribution in [2.45, 2.75) is 31.5 Å². The van der Waals surface area contributed by atoms with Crippen molar-refractivity contribution in [3.05, 3.63) is 52.3 Å². The van der Waals surface area contributed by atoms with Crippen LogP contribution in [0.5, 0.6) is 5.88 Å². The van der Waals surface area contributed by atoms with Crippen molar-refractivity contribution >= 4 is 17.7 Å². The van der Waals surface area contributed by atoms with E-state index in [-0.39, 0.29) is 23.1 Å². The van der Waals surface area contributed by atoms with Gasteiger partial charge in [0.25, 0.3) is 5.56 Å². The molecular weight excluding hydrogens is 326 g/mol. The Bertz CT molecular complexity index is 732. The Hall–Kier alpha value is -2.28. The van der Waals surface area contributed by atoms with Crippen LogP contribution in [0.25, 0.3) is 0 Å². The first kappa shape index (κ1) is 18.1. The highest BCUT2D eigenvalue weighted by atomic mass is 32.2. The van der Waals surface area contributed by atoms with Gasteiger partial charge in [0.1, 0.15) is 0 Å². The van der Waals surface area contributed by atoms with Gasteiger partial charge in [0.2, 0.25) is 11.8 Å². The second-order valence-electron chi connectivity index (χ2n) is 5.30. The highest BCUT2D eigenvalue weighted by Crippen LogP contribution is 2.17. The summed E-state index contributed by atoms with van der Waals surface area (Å²) in [6.07, 6.45) is 1.94. The van der Waals surface area contributed by atoms with Crippen molar-refractivity contribution in [2.75, 3.05) is 12.3 Å². The molecule has 2 aromatic rings. The number of benzene rings is 1. The Kier molecular flexibility index (Phi) is 6.87. The third-order valence-electron chi connectivity index (χ3n) is 3.33. The molecule has 7 heteroatoms. The number of carbonyl (C=O) groups is 1. The molecule has 128 valence electrons. The normalized spacial score (nSPS) is 10.5. The third-order valence-corrected chi connectivity index (χ3v) is 4.30. The minimum absolute atomic E-state index is 0.114. The average Bonchev–Trinajstić information content (AvgIpc) is 2.57. The fourth-order valence-electron chi connectivity index (χ4n) is 2.08. The number of carbonyl (C=O) groups excluding carboxylic acids is 1. The van der Waals surface area contributed by atoms with E-state index in [0.717, 1.165) is 36.2 Å². The standard InChI is InChI=1S/C17H21N3O3S/c1-2-3-9-18-15(22)12-24-17-19-14(21)10-16(23)20(17)11-13-7-5-4-6-8-13/h4-8,10,21H,2-3,9,11-12H2,1H3,(H,18,22). The number of hydrogen-bond acceptors (Lipinski definition) is 5.